The summed E-state index contributed by atoms with van der Waals surface area (Å²) in [5.41, 5.74) is 0.965. The van der Waals surface area contributed by atoms with Crippen molar-refractivity contribution >= 4 is 23.2 Å². The van der Waals surface area contributed by atoms with Crippen LogP contribution in [-0.2, 0) is 4.79 Å². The molecule has 124 valence electrons. The highest BCUT2D eigenvalue weighted by Gasteiger charge is 2.31. The van der Waals surface area contributed by atoms with Crippen molar-refractivity contribution in [3.63, 3.8) is 0 Å². The predicted molar refractivity (Wildman–Crippen MR) is 86.6 cm³/mol. The lowest BCUT2D eigenvalue weighted by atomic mass is 9.97. The van der Waals surface area contributed by atoms with Crippen molar-refractivity contribution in [2.24, 2.45) is 5.92 Å². The van der Waals surface area contributed by atoms with Crippen molar-refractivity contribution in [2.45, 2.75) is 19.8 Å². The first-order valence-corrected chi connectivity index (χ1v) is 7.65. The van der Waals surface area contributed by atoms with E-state index in [1.165, 1.54) is 0 Å². The highest BCUT2D eigenvalue weighted by Crippen LogP contribution is 2.34. The quantitative estimate of drug-likeness (QED) is 0.719. The molecule has 1 aromatic rings. The summed E-state index contributed by atoms with van der Waals surface area (Å²) in [7, 11) is 0. The normalized spacial score (nSPS) is 18.1. The van der Waals surface area contributed by atoms with E-state index in [1.807, 2.05) is 0 Å². The first-order chi connectivity index (χ1) is 10.9. The summed E-state index contributed by atoms with van der Waals surface area (Å²) < 4.78 is 31.0. The van der Waals surface area contributed by atoms with Crippen molar-refractivity contribution in [1.82, 2.24) is 4.90 Å². The van der Waals surface area contributed by atoms with Crippen LogP contribution in [0, 0.1) is 5.92 Å². The number of alkyl halides is 2. The topological polar surface area (TPSA) is 29.5 Å². The molecule has 0 spiro atoms. The van der Waals surface area contributed by atoms with Gasteiger partial charge in [-0.2, -0.15) is 0 Å². The minimum Gasteiger partial charge on any atom is -0.490 e. The highest BCUT2D eigenvalue weighted by molar-refractivity contribution is 6.32. The maximum atomic E-state index is 12.8. The van der Waals surface area contributed by atoms with E-state index in [0.717, 1.165) is 4.90 Å². The molecule has 1 amide bonds. The van der Waals surface area contributed by atoms with Crippen LogP contribution >= 0.6 is 11.6 Å². The first-order valence-electron chi connectivity index (χ1n) is 7.27. The van der Waals surface area contributed by atoms with Gasteiger partial charge in [0.25, 0.3) is 6.43 Å². The number of carbonyl (C=O) groups is 1. The summed E-state index contributed by atoms with van der Waals surface area (Å²) in [6, 6.07) is 4.97. The van der Waals surface area contributed by atoms with Gasteiger partial charge in [0.15, 0.2) is 0 Å². The number of halogens is 3. The van der Waals surface area contributed by atoms with Crippen LogP contribution in [0.2, 0.25) is 5.02 Å². The summed E-state index contributed by atoms with van der Waals surface area (Å²) in [5, 5.41) is 0.347. The summed E-state index contributed by atoms with van der Waals surface area (Å²) in [5.74, 6) is -0.0764. The standard InChI is InChI=1S/C17H18ClF2NO2/c1-3-8-23-12-5-6-13(14(18)9-12)15-7-4-11(2)17(22)21(15)10-16(19)20/h3,5-7,9,11,16H,1,4,8,10H2,2H3. The van der Waals surface area contributed by atoms with Crippen LogP contribution in [0.1, 0.15) is 18.9 Å². The maximum absolute atomic E-state index is 12.8. The van der Waals surface area contributed by atoms with Crippen LogP contribution in [-0.4, -0.2) is 30.4 Å². The largest absolute Gasteiger partial charge is 0.490 e. The highest BCUT2D eigenvalue weighted by atomic mass is 35.5. The zero-order valence-electron chi connectivity index (χ0n) is 12.8. The minimum absolute atomic E-state index is 0.313. The molecule has 0 bridgehead atoms. The molecule has 23 heavy (non-hydrogen) atoms. The number of ether oxygens (including phenoxy) is 1. The van der Waals surface area contributed by atoms with Crippen molar-refractivity contribution < 1.29 is 18.3 Å². The average Bonchev–Trinajstić information content (AvgIpc) is 2.50. The lowest BCUT2D eigenvalue weighted by Crippen LogP contribution is -2.39. The zero-order chi connectivity index (χ0) is 17.0. The molecule has 0 aromatic heterocycles. The summed E-state index contributed by atoms with van der Waals surface area (Å²) in [6.07, 6.45) is 1.27. The Morgan fingerprint density at radius 1 is 1.52 bits per heavy atom. The molecule has 3 nitrogen and oxygen atoms in total. The van der Waals surface area contributed by atoms with Gasteiger partial charge in [0.1, 0.15) is 12.4 Å². The third kappa shape index (κ3) is 4.10. The monoisotopic (exact) mass is 341 g/mol. The Hall–Kier alpha value is -1.88. The van der Waals surface area contributed by atoms with Crippen LogP contribution in [0.5, 0.6) is 5.75 Å². The first kappa shape index (κ1) is 17.5. The Labute approximate surface area is 139 Å². The molecular formula is C17H18ClF2NO2. The number of amides is 1. The Bertz CT molecular complexity index is 631. The second-order valence-electron chi connectivity index (χ2n) is 5.31. The lowest BCUT2D eigenvalue weighted by Gasteiger charge is -2.32. The SMILES string of the molecule is C=CCOc1ccc(C2=CCC(C)C(=O)N2CC(F)F)c(Cl)c1. The molecule has 0 radical (unpaired) electrons. The third-order valence-electron chi connectivity index (χ3n) is 3.55. The predicted octanol–water partition coefficient (Wildman–Crippen LogP) is 4.38. The van der Waals surface area contributed by atoms with Gasteiger partial charge in [-0.05, 0) is 24.6 Å². The molecule has 0 saturated carbocycles. The van der Waals surface area contributed by atoms with Crippen LogP contribution in [0.25, 0.3) is 5.70 Å². The smallest absolute Gasteiger partial charge is 0.256 e. The van der Waals surface area contributed by atoms with Gasteiger partial charge < -0.3 is 9.64 Å². The molecule has 1 aromatic carbocycles. The van der Waals surface area contributed by atoms with E-state index in [0.29, 0.717) is 35.1 Å². The Morgan fingerprint density at radius 2 is 2.26 bits per heavy atom. The molecule has 0 N–H and O–H groups in total. The molecule has 0 fully saturated rings. The van der Waals surface area contributed by atoms with Crippen molar-refractivity contribution in [3.8, 4) is 5.75 Å². The van der Waals surface area contributed by atoms with Crippen LogP contribution in [0.4, 0.5) is 8.78 Å². The number of hydrogen-bond donors (Lipinski definition) is 0. The number of hydrogen-bond acceptors (Lipinski definition) is 2. The van der Waals surface area contributed by atoms with Crippen LogP contribution in [0.3, 0.4) is 0 Å². The fourth-order valence-corrected chi connectivity index (χ4v) is 2.68. The molecule has 2 rings (SSSR count). The second-order valence-corrected chi connectivity index (χ2v) is 5.71. The summed E-state index contributed by atoms with van der Waals surface area (Å²) in [6.45, 7) is 4.98. The number of benzene rings is 1. The van der Waals surface area contributed by atoms with Gasteiger partial charge in [0.05, 0.1) is 11.6 Å². The van der Waals surface area contributed by atoms with E-state index in [9.17, 15) is 13.6 Å². The number of carbonyl (C=O) groups excluding carboxylic acids is 1. The lowest BCUT2D eigenvalue weighted by molar-refractivity contribution is -0.133. The molecule has 1 unspecified atom stereocenters. The molecular weight excluding hydrogens is 324 g/mol. The van der Waals surface area contributed by atoms with Gasteiger partial charge in [-0.3, -0.25) is 4.79 Å². The van der Waals surface area contributed by atoms with Crippen LogP contribution < -0.4 is 4.74 Å². The number of nitrogens with zero attached hydrogens (tertiary/aromatic N) is 1. The van der Waals surface area contributed by atoms with Crippen molar-refractivity contribution in [2.75, 3.05) is 13.2 Å². The fourth-order valence-electron chi connectivity index (χ4n) is 2.41. The van der Waals surface area contributed by atoms with Gasteiger partial charge in [0.2, 0.25) is 5.91 Å². The van der Waals surface area contributed by atoms with E-state index in [4.69, 9.17) is 16.3 Å². The summed E-state index contributed by atoms with van der Waals surface area (Å²) in [4.78, 5) is 13.4. The molecule has 1 heterocycles. The second kappa shape index (κ2) is 7.59. The molecule has 1 atom stereocenters. The molecule has 1 aliphatic heterocycles. The van der Waals surface area contributed by atoms with Gasteiger partial charge in [-0.1, -0.05) is 37.3 Å². The van der Waals surface area contributed by atoms with Crippen molar-refractivity contribution in [3.05, 3.63) is 47.5 Å². The molecule has 1 aliphatic rings. The van der Waals surface area contributed by atoms with Gasteiger partial charge in [-0.25, -0.2) is 8.78 Å². The Morgan fingerprint density at radius 3 is 2.87 bits per heavy atom. The van der Waals surface area contributed by atoms with E-state index in [-0.39, 0.29) is 11.8 Å². The zero-order valence-corrected chi connectivity index (χ0v) is 13.5. The molecule has 6 heteroatoms. The van der Waals surface area contributed by atoms with Gasteiger partial charge in [-0.15, -0.1) is 0 Å². The van der Waals surface area contributed by atoms with E-state index < -0.39 is 13.0 Å². The Kier molecular flexibility index (Phi) is 5.77. The average molecular weight is 342 g/mol. The van der Waals surface area contributed by atoms with E-state index in [2.05, 4.69) is 6.58 Å². The molecule has 0 saturated heterocycles. The molecule has 0 aliphatic carbocycles. The number of rotatable bonds is 6. The minimum atomic E-state index is -2.61. The summed E-state index contributed by atoms with van der Waals surface area (Å²) >= 11 is 6.26. The van der Waals surface area contributed by atoms with E-state index in [1.54, 1.807) is 37.3 Å². The van der Waals surface area contributed by atoms with Gasteiger partial charge >= 0.3 is 0 Å². The maximum Gasteiger partial charge on any atom is 0.256 e. The van der Waals surface area contributed by atoms with E-state index >= 15 is 0 Å². The van der Waals surface area contributed by atoms with Gasteiger partial charge in [0, 0.05) is 17.2 Å². The fraction of sp³-hybridized carbons (Fsp3) is 0.353. The third-order valence-corrected chi connectivity index (χ3v) is 3.86. The van der Waals surface area contributed by atoms with Crippen LogP contribution in [0.15, 0.2) is 36.9 Å². The van der Waals surface area contributed by atoms with Crippen molar-refractivity contribution in [1.29, 1.82) is 0 Å². The number of allylic oxidation sites excluding steroid dienone is 1. The Balaban J connectivity index is 2.34.